The third kappa shape index (κ3) is 4.64. The molecule has 0 aliphatic heterocycles. The summed E-state index contributed by atoms with van der Waals surface area (Å²) in [5.74, 6) is -0.937. The summed E-state index contributed by atoms with van der Waals surface area (Å²) in [6, 6.07) is 11.3. The van der Waals surface area contributed by atoms with Gasteiger partial charge in [-0.25, -0.2) is 9.07 Å². The van der Waals surface area contributed by atoms with Crippen LogP contribution in [-0.2, 0) is 6.54 Å². The molecule has 1 atom stereocenters. The lowest BCUT2D eigenvalue weighted by Crippen LogP contribution is -2.23. The van der Waals surface area contributed by atoms with Crippen molar-refractivity contribution < 1.29 is 14.0 Å². The predicted octanol–water partition coefficient (Wildman–Crippen LogP) is 3.83. The van der Waals surface area contributed by atoms with Crippen LogP contribution in [0.15, 0.2) is 42.5 Å². The third-order valence-electron chi connectivity index (χ3n) is 5.67. The van der Waals surface area contributed by atoms with Crippen LogP contribution in [0.4, 0.5) is 10.2 Å². The van der Waals surface area contributed by atoms with E-state index in [9.17, 15) is 14.0 Å². The first-order valence-corrected chi connectivity index (χ1v) is 10.4. The molecule has 0 radical (unpaired) electrons. The van der Waals surface area contributed by atoms with E-state index in [2.05, 4.69) is 10.4 Å². The van der Waals surface area contributed by atoms with Gasteiger partial charge in [0, 0.05) is 17.7 Å². The molecule has 0 aliphatic carbocycles. The Morgan fingerprint density at radius 2 is 1.78 bits per heavy atom. The Hall–Kier alpha value is -3.68. The minimum absolute atomic E-state index is 0.0115. The second kappa shape index (κ2) is 9.21. The van der Waals surface area contributed by atoms with Crippen molar-refractivity contribution in [1.82, 2.24) is 15.1 Å². The van der Waals surface area contributed by atoms with E-state index >= 15 is 0 Å². The van der Waals surface area contributed by atoms with Crippen LogP contribution in [-0.4, -0.2) is 21.6 Å². The smallest absolute Gasteiger partial charge is 0.254 e. The molecule has 168 valence electrons. The van der Waals surface area contributed by atoms with Crippen molar-refractivity contribution in [3.05, 3.63) is 70.5 Å². The molecule has 2 aromatic carbocycles. The zero-order valence-electron chi connectivity index (χ0n) is 18.6. The average molecular weight is 438 g/mol. The van der Waals surface area contributed by atoms with Crippen LogP contribution in [0.3, 0.4) is 0 Å². The summed E-state index contributed by atoms with van der Waals surface area (Å²) in [7, 11) is 0. The number of primary amides is 1. The van der Waals surface area contributed by atoms with Gasteiger partial charge in [0.2, 0.25) is 0 Å². The number of rotatable bonds is 7. The van der Waals surface area contributed by atoms with Gasteiger partial charge in [0.05, 0.1) is 6.04 Å². The molecule has 0 fully saturated rings. The van der Waals surface area contributed by atoms with Gasteiger partial charge in [-0.2, -0.15) is 5.10 Å². The first-order valence-electron chi connectivity index (χ1n) is 10.4. The number of hydrogen-bond acceptors (Lipinski definition) is 4. The van der Waals surface area contributed by atoms with Crippen molar-refractivity contribution in [2.24, 2.45) is 11.7 Å². The van der Waals surface area contributed by atoms with Gasteiger partial charge in [0.25, 0.3) is 11.8 Å². The molecule has 0 saturated heterocycles. The average Bonchev–Trinajstić information content (AvgIpc) is 3.10. The molecule has 3 rings (SSSR count). The van der Waals surface area contributed by atoms with Gasteiger partial charge in [-0.3, -0.25) is 9.59 Å². The van der Waals surface area contributed by atoms with Crippen LogP contribution in [0, 0.1) is 18.7 Å². The van der Waals surface area contributed by atoms with Crippen LogP contribution < -0.4 is 16.8 Å². The van der Waals surface area contributed by atoms with E-state index in [1.165, 1.54) is 12.1 Å². The van der Waals surface area contributed by atoms with Gasteiger partial charge < -0.3 is 16.8 Å². The highest BCUT2D eigenvalue weighted by atomic mass is 19.1. The predicted molar refractivity (Wildman–Crippen MR) is 122 cm³/mol. The second-order valence-electron chi connectivity index (χ2n) is 8.24. The highest BCUT2D eigenvalue weighted by Gasteiger charge is 2.24. The standard InChI is InChI=1S/C24H28FN5O2/c1-13(2)15(4)30-22(26)20(23(27)31)21(29-30)17-8-6-16(7-9-17)12-28-24(32)19-11-18(25)10-5-14(19)3/h5-11,13,15H,12,26H2,1-4H3,(H2,27,31)(H,28,32). The first kappa shape index (κ1) is 23.0. The van der Waals surface area contributed by atoms with E-state index in [-0.39, 0.29) is 35.8 Å². The summed E-state index contributed by atoms with van der Waals surface area (Å²) in [4.78, 5) is 24.5. The summed E-state index contributed by atoms with van der Waals surface area (Å²) in [6.45, 7) is 8.09. The number of nitrogens with two attached hydrogens (primary N) is 2. The number of aryl methyl sites for hydroxylation is 1. The highest BCUT2D eigenvalue weighted by Crippen LogP contribution is 2.31. The number of anilines is 1. The Balaban J connectivity index is 1.81. The summed E-state index contributed by atoms with van der Waals surface area (Å²) < 4.78 is 15.1. The molecule has 7 nitrogen and oxygen atoms in total. The lowest BCUT2D eigenvalue weighted by atomic mass is 10.0. The number of carbonyl (C=O) groups excluding carboxylic acids is 2. The summed E-state index contributed by atoms with van der Waals surface area (Å²) in [6.07, 6.45) is 0. The lowest BCUT2D eigenvalue weighted by molar-refractivity contribution is 0.0948. The van der Waals surface area contributed by atoms with Crippen LogP contribution in [0.25, 0.3) is 11.3 Å². The Kier molecular flexibility index (Phi) is 6.62. The number of nitrogens with zero attached hydrogens (tertiary/aromatic N) is 2. The van der Waals surface area contributed by atoms with Gasteiger partial charge >= 0.3 is 0 Å². The van der Waals surface area contributed by atoms with Gasteiger partial charge in [-0.05, 0) is 43.0 Å². The molecule has 32 heavy (non-hydrogen) atoms. The van der Waals surface area contributed by atoms with E-state index in [0.29, 0.717) is 22.4 Å². The molecule has 1 heterocycles. The third-order valence-corrected chi connectivity index (χ3v) is 5.67. The minimum atomic E-state index is -0.637. The van der Waals surface area contributed by atoms with E-state index < -0.39 is 11.7 Å². The van der Waals surface area contributed by atoms with Crippen molar-refractivity contribution >= 4 is 17.6 Å². The molecule has 0 spiro atoms. The number of amides is 2. The molecule has 8 heteroatoms. The minimum Gasteiger partial charge on any atom is -0.383 e. The molecule has 1 aromatic heterocycles. The fourth-order valence-electron chi connectivity index (χ4n) is 3.38. The SMILES string of the molecule is Cc1ccc(F)cc1C(=O)NCc1ccc(-c2nn(C(C)C(C)C)c(N)c2C(N)=O)cc1. The number of nitrogens with one attached hydrogen (secondary N) is 1. The second-order valence-corrected chi connectivity index (χ2v) is 8.24. The Morgan fingerprint density at radius 3 is 2.38 bits per heavy atom. The lowest BCUT2D eigenvalue weighted by Gasteiger charge is -2.17. The molecular weight excluding hydrogens is 409 g/mol. The quantitative estimate of drug-likeness (QED) is 0.521. The number of halogens is 1. The van der Waals surface area contributed by atoms with Crippen molar-refractivity contribution in [3.8, 4) is 11.3 Å². The van der Waals surface area contributed by atoms with Crippen LogP contribution >= 0.6 is 0 Å². The highest BCUT2D eigenvalue weighted by molar-refractivity contribution is 6.03. The van der Waals surface area contributed by atoms with Crippen molar-refractivity contribution in [3.63, 3.8) is 0 Å². The van der Waals surface area contributed by atoms with Gasteiger partial charge in [-0.15, -0.1) is 0 Å². The first-order chi connectivity index (χ1) is 15.1. The van der Waals surface area contributed by atoms with E-state index in [4.69, 9.17) is 11.5 Å². The zero-order valence-corrected chi connectivity index (χ0v) is 18.6. The molecule has 1 unspecified atom stereocenters. The number of hydrogen-bond donors (Lipinski definition) is 3. The molecule has 0 saturated carbocycles. The van der Waals surface area contributed by atoms with Gasteiger partial charge in [0.1, 0.15) is 22.9 Å². The Labute approximate surface area is 186 Å². The molecule has 0 aliphatic rings. The summed E-state index contributed by atoms with van der Waals surface area (Å²) in [5.41, 5.74) is 14.9. The molecule has 5 N–H and O–H groups in total. The largest absolute Gasteiger partial charge is 0.383 e. The summed E-state index contributed by atoms with van der Waals surface area (Å²) >= 11 is 0. The Bertz CT molecular complexity index is 1150. The van der Waals surface area contributed by atoms with Crippen LogP contribution in [0.2, 0.25) is 0 Å². The fraction of sp³-hybridized carbons (Fsp3) is 0.292. The topological polar surface area (TPSA) is 116 Å². The fourth-order valence-corrected chi connectivity index (χ4v) is 3.38. The number of benzene rings is 2. The molecule has 3 aromatic rings. The van der Waals surface area contributed by atoms with Crippen molar-refractivity contribution in [2.75, 3.05) is 5.73 Å². The maximum absolute atomic E-state index is 13.5. The van der Waals surface area contributed by atoms with Crippen molar-refractivity contribution in [1.29, 1.82) is 0 Å². The van der Waals surface area contributed by atoms with Crippen molar-refractivity contribution in [2.45, 2.75) is 40.3 Å². The maximum Gasteiger partial charge on any atom is 0.254 e. The number of carbonyl (C=O) groups is 2. The zero-order chi connectivity index (χ0) is 23.6. The molecule has 2 amide bonds. The van der Waals surface area contributed by atoms with Gasteiger partial charge in [-0.1, -0.05) is 44.2 Å². The molecular formula is C24H28FN5O2. The van der Waals surface area contributed by atoms with Gasteiger partial charge in [0.15, 0.2) is 0 Å². The van der Waals surface area contributed by atoms with E-state index in [1.807, 2.05) is 32.9 Å². The number of aromatic nitrogens is 2. The van der Waals surface area contributed by atoms with E-state index in [0.717, 1.165) is 5.56 Å². The Morgan fingerprint density at radius 1 is 1.12 bits per heavy atom. The maximum atomic E-state index is 13.5. The van der Waals surface area contributed by atoms with E-state index in [1.54, 1.807) is 29.8 Å². The summed E-state index contributed by atoms with van der Waals surface area (Å²) in [5, 5.41) is 7.36. The van der Waals surface area contributed by atoms with Crippen LogP contribution in [0.1, 0.15) is 58.7 Å². The van der Waals surface area contributed by atoms with Crippen LogP contribution in [0.5, 0.6) is 0 Å². The number of nitrogen functional groups attached to an aromatic ring is 1. The normalized spacial score (nSPS) is 12.1. The monoisotopic (exact) mass is 437 g/mol. The molecule has 0 bridgehead atoms.